The predicted molar refractivity (Wildman–Crippen MR) is 89.7 cm³/mol. The van der Waals surface area contributed by atoms with Crippen LogP contribution in [0.2, 0.25) is 0 Å². The lowest BCUT2D eigenvalue weighted by Crippen LogP contribution is -2.38. The second-order valence-corrected chi connectivity index (χ2v) is 6.23. The standard InChI is InChI=1S/C17H26N2O4/c1-6-12(18-13-7-9-14(22-5)10-8-13)11-15(20)19-16(21)23-17(2,3)4/h7-10,12,18H,6,11H2,1-5H3,(H,19,20,21)/t12-/m1/s1. The van der Waals surface area contributed by atoms with Crippen LogP contribution in [0.3, 0.4) is 0 Å². The van der Waals surface area contributed by atoms with Gasteiger partial charge in [-0.15, -0.1) is 0 Å². The Balaban J connectivity index is 2.51. The molecule has 2 N–H and O–H groups in total. The van der Waals surface area contributed by atoms with Gasteiger partial charge in [0.2, 0.25) is 5.91 Å². The first kappa shape index (κ1) is 18.8. The third-order valence-corrected chi connectivity index (χ3v) is 3.03. The van der Waals surface area contributed by atoms with Crippen molar-refractivity contribution in [1.82, 2.24) is 5.32 Å². The highest BCUT2D eigenvalue weighted by atomic mass is 16.6. The Bertz CT molecular complexity index is 520. The first-order valence-electron chi connectivity index (χ1n) is 7.67. The van der Waals surface area contributed by atoms with E-state index in [0.717, 1.165) is 17.9 Å². The van der Waals surface area contributed by atoms with Gasteiger partial charge in [-0.05, 0) is 51.5 Å². The van der Waals surface area contributed by atoms with E-state index in [1.165, 1.54) is 0 Å². The number of rotatable bonds is 6. The van der Waals surface area contributed by atoms with Crippen LogP contribution >= 0.6 is 0 Å². The minimum atomic E-state index is -0.721. The average molecular weight is 322 g/mol. The maximum Gasteiger partial charge on any atom is 0.414 e. The van der Waals surface area contributed by atoms with E-state index in [1.807, 2.05) is 31.2 Å². The van der Waals surface area contributed by atoms with E-state index in [0.29, 0.717) is 0 Å². The first-order valence-corrected chi connectivity index (χ1v) is 7.67. The zero-order valence-electron chi connectivity index (χ0n) is 14.4. The molecule has 128 valence electrons. The number of methoxy groups -OCH3 is 1. The summed E-state index contributed by atoms with van der Waals surface area (Å²) < 4.78 is 10.2. The third-order valence-electron chi connectivity index (χ3n) is 3.03. The number of hydrogen-bond donors (Lipinski definition) is 2. The van der Waals surface area contributed by atoms with Crippen molar-refractivity contribution in [3.8, 4) is 5.75 Å². The molecule has 0 radical (unpaired) electrons. The largest absolute Gasteiger partial charge is 0.497 e. The van der Waals surface area contributed by atoms with Gasteiger partial charge in [-0.2, -0.15) is 0 Å². The van der Waals surface area contributed by atoms with Crippen LogP contribution in [0.4, 0.5) is 10.5 Å². The molecule has 0 fully saturated rings. The van der Waals surface area contributed by atoms with Gasteiger partial charge < -0.3 is 14.8 Å². The summed E-state index contributed by atoms with van der Waals surface area (Å²) in [6.45, 7) is 7.22. The molecule has 1 rings (SSSR count). The number of amides is 2. The Kier molecular flexibility index (Phi) is 6.88. The summed E-state index contributed by atoms with van der Waals surface area (Å²) in [6, 6.07) is 7.37. The molecule has 0 saturated heterocycles. The lowest BCUT2D eigenvalue weighted by atomic mass is 10.1. The lowest BCUT2D eigenvalue weighted by molar-refractivity contribution is -0.121. The zero-order chi connectivity index (χ0) is 17.5. The van der Waals surface area contributed by atoms with Crippen molar-refractivity contribution >= 4 is 17.7 Å². The van der Waals surface area contributed by atoms with Crippen molar-refractivity contribution in [3.63, 3.8) is 0 Å². The molecule has 2 amide bonds. The Labute approximate surface area is 137 Å². The van der Waals surface area contributed by atoms with Crippen molar-refractivity contribution in [2.75, 3.05) is 12.4 Å². The molecule has 0 unspecified atom stereocenters. The van der Waals surface area contributed by atoms with Gasteiger partial charge in [0, 0.05) is 18.2 Å². The SMILES string of the molecule is CC[C@H](CC(=O)NC(=O)OC(C)(C)C)Nc1ccc(OC)cc1. The molecule has 1 aromatic rings. The van der Waals surface area contributed by atoms with Crippen molar-refractivity contribution < 1.29 is 19.1 Å². The molecule has 6 heteroatoms. The Morgan fingerprint density at radius 2 is 1.78 bits per heavy atom. The van der Waals surface area contributed by atoms with E-state index in [9.17, 15) is 9.59 Å². The number of hydrogen-bond acceptors (Lipinski definition) is 5. The Morgan fingerprint density at radius 1 is 1.17 bits per heavy atom. The van der Waals surface area contributed by atoms with Crippen molar-refractivity contribution in [2.24, 2.45) is 0 Å². The summed E-state index contributed by atoms with van der Waals surface area (Å²) >= 11 is 0. The van der Waals surface area contributed by atoms with Gasteiger partial charge in [0.25, 0.3) is 0 Å². The molecule has 6 nitrogen and oxygen atoms in total. The number of carbonyl (C=O) groups is 2. The minimum Gasteiger partial charge on any atom is -0.497 e. The average Bonchev–Trinajstić information content (AvgIpc) is 2.45. The Hall–Kier alpha value is -2.24. The van der Waals surface area contributed by atoms with Gasteiger partial charge in [-0.3, -0.25) is 10.1 Å². The summed E-state index contributed by atoms with van der Waals surface area (Å²) in [6.07, 6.45) is 0.206. The number of anilines is 1. The minimum absolute atomic E-state index is 0.0779. The second-order valence-electron chi connectivity index (χ2n) is 6.23. The van der Waals surface area contributed by atoms with Crippen LogP contribution in [-0.4, -0.2) is 30.8 Å². The fourth-order valence-corrected chi connectivity index (χ4v) is 1.91. The van der Waals surface area contributed by atoms with E-state index in [2.05, 4.69) is 10.6 Å². The maximum absolute atomic E-state index is 11.9. The van der Waals surface area contributed by atoms with Crippen LogP contribution < -0.4 is 15.4 Å². The molecule has 23 heavy (non-hydrogen) atoms. The second kappa shape index (κ2) is 8.41. The number of benzene rings is 1. The molecule has 0 aromatic heterocycles. The fraction of sp³-hybridized carbons (Fsp3) is 0.529. The molecule has 0 saturated carbocycles. The number of carbonyl (C=O) groups excluding carboxylic acids is 2. The summed E-state index contributed by atoms with van der Waals surface area (Å²) in [7, 11) is 1.61. The predicted octanol–water partition coefficient (Wildman–Crippen LogP) is 3.33. The third kappa shape index (κ3) is 7.54. The highest BCUT2D eigenvalue weighted by Gasteiger charge is 2.19. The van der Waals surface area contributed by atoms with Crippen molar-refractivity contribution in [1.29, 1.82) is 0 Å². The fourth-order valence-electron chi connectivity index (χ4n) is 1.91. The van der Waals surface area contributed by atoms with E-state index < -0.39 is 11.7 Å². The number of imide groups is 1. The monoisotopic (exact) mass is 322 g/mol. The molecule has 1 aromatic carbocycles. The van der Waals surface area contributed by atoms with Gasteiger partial charge in [-0.1, -0.05) is 6.92 Å². The molecule has 0 aliphatic heterocycles. The summed E-state index contributed by atoms with van der Waals surface area (Å²) in [5.41, 5.74) is 0.262. The molecule has 0 aliphatic carbocycles. The number of ether oxygens (including phenoxy) is 2. The topological polar surface area (TPSA) is 76.7 Å². The summed E-state index contributed by atoms with van der Waals surface area (Å²) in [4.78, 5) is 23.5. The normalized spacial score (nSPS) is 12.2. The van der Waals surface area contributed by atoms with Crippen LogP contribution in [0.15, 0.2) is 24.3 Å². The highest BCUT2D eigenvalue weighted by Crippen LogP contribution is 2.17. The van der Waals surface area contributed by atoms with Gasteiger partial charge in [0.15, 0.2) is 0 Å². The van der Waals surface area contributed by atoms with E-state index in [4.69, 9.17) is 9.47 Å². The Morgan fingerprint density at radius 3 is 2.26 bits per heavy atom. The molecule has 1 atom stereocenters. The maximum atomic E-state index is 11.9. The van der Waals surface area contributed by atoms with Crippen LogP contribution in [0.1, 0.15) is 40.5 Å². The van der Waals surface area contributed by atoms with Crippen LogP contribution in [0.25, 0.3) is 0 Å². The number of alkyl carbamates (subject to hydrolysis) is 1. The molecule has 0 bridgehead atoms. The number of nitrogens with one attached hydrogen (secondary N) is 2. The highest BCUT2D eigenvalue weighted by molar-refractivity contribution is 5.92. The molecule has 0 heterocycles. The molecule has 0 aliphatic rings. The van der Waals surface area contributed by atoms with E-state index >= 15 is 0 Å². The summed E-state index contributed by atoms with van der Waals surface area (Å²) in [5.74, 6) is 0.401. The van der Waals surface area contributed by atoms with Gasteiger partial charge in [-0.25, -0.2) is 4.79 Å². The van der Waals surface area contributed by atoms with Gasteiger partial charge in [0.05, 0.1) is 7.11 Å². The van der Waals surface area contributed by atoms with Crippen molar-refractivity contribution in [2.45, 2.75) is 52.2 Å². The van der Waals surface area contributed by atoms with E-state index in [-0.39, 0.29) is 18.4 Å². The van der Waals surface area contributed by atoms with E-state index in [1.54, 1.807) is 27.9 Å². The quantitative estimate of drug-likeness (QED) is 0.840. The molecular formula is C17H26N2O4. The molecular weight excluding hydrogens is 296 g/mol. The van der Waals surface area contributed by atoms with Crippen molar-refractivity contribution in [3.05, 3.63) is 24.3 Å². The van der Waals surface area contributed by atoms with Gasteiger partial charge in [0.1, 0.15) is 11.4 Å². The van der Waals surface area contributed by atoms with Gasteiger partial charge >= 0.3 is 6.09 Å². The van der Waals surface area contributed by atoms with Crippen LogP contribution in [0, 0.1) is 0 Å². The van der Waals surface area contributed by atoms with Crippen LogP contribution in [0.5, 0.6) is 5.75 Å². The zero-order valence-corrected chi connectivity index (χ0v) is 14.4. The smallest absolute Gasteiger partial charge is 0.414 e. The summed E-state index contributed by atoms with van der Waals surface area (Å²) in [5, 5.41) is 5.51. The lowest BCUT2D eigenvalue weighted by Gasteiger charge is -2.21. The first-order chi connectivity index (χ1) is 10.7. The molecule has 0 spiro atoms. The van der Waals surface area contributed by atoms with Crippen LogP contribution in [-0.2, 0) is 9.53 Å².